The molecule has 0 saturated heterocycles. The third-order valence-electron chi connectivity index (χ3n) is 3.18. The van der Waals surface area contributed by atoms with Crippen molar-refractivity contribution in [2.24, 2.45) is 0 Å². The molecule has 0 atom stereocenters. The first-order chi connectivity index (χ1) is 8.96. The van der Waals surface area contributed by atoms with E-state index in [1.807, 2.05) is 38.1 Å². The van der Waals surface area contributed by atoms with Crippen molar-refractivity contribution in [3.05, 3.63) is 35.4 Å². The number of hydrogen-bond acceptors (Lipinski definition) is 2. The van der Waals surface area contributed by atoms with Crippen molar-refractivity contribution in [2.45, 2.75) is 25.9 Å². The SMILES string of the molecule is CC1(C)CC(=O)Nc2cc(Cl)c3ccccc3c2O1. The van der Waals surface area contributed by atoms with E-state index in [0.717, 1.165) is 10.8 Å². The Kier molecular flexibility index (Phi) is 2.68. The maximum Gasteiger partial charge on any atom is 0.228 e. The van der Waals surface area contributed by atoms with Crippen LogP contribution in [0.1, 0.15) is 20.3 Å². The number of hydrogen-bond donors (Lipinski definition) is 1. The maximum absolute atomic E-state index is 11.9. The third-order valence-corrected chi connectivity index (χ3v) is 3.50. The molecule has 1 heterocycles. The van der Waals surface area contributed by atoms with E-state index in [1.54, 1.807) is 6.07 Å². The van der Waals surface area contributed by atoms with Gasteiger partial charge in [-0.2, -0.15) is 0 Å². The molecule has 1 N–H and O–H groups in total. The largest absolute Gasteiger partial charge is 0.484 e. The molecule has 2 aromatic rings. The summed E-state index contributed by atoms with van der Waals surface area (Å²) in [7, 11) is 0. The van der Waals surface area contributed by atoms with E-state index in [4.69, 9.17) is 16.3 Å². The minimum atomic E-state index is -0.536. The zero-order chi connectivity index (χ0) is 13.6. The average molecular weight is 276 g/mol. The van der Waals surface area contributed by atoms with E-state index in [9.17, 15) is 4.79 Å². The number of carbonyl (C=O) groups is 1. The lowest BCUT2D eigenvalue weighted by Gasteiger charge is -2.24. The van der Waals surface area contributed by atoms with Crippen LogP contribution in [0.2, 0.25) is 5.02 Å². The van der Waals surface area contributed by atoms with Crippen LogP contribution in [-0.2, 0) is 4.79 Å². The van der Waals surface area contributed by atoms with Crippen LogP contribution in [0.25, 0.3) is 10.8 Å². The van der Waals surface area contributed by atoms with Gasteiger partial charge in [-0.3, -0.25) is 4.79 Å². The standard InChI is InChI=1S/C15H14ClNO2/c1-15(2)8-13(18)17-12-7-11(16)9-5-3-4-6-10(9)14(12)19-15/h3-7H,8H2,1-2H3,(H,17,18). The summed E-state index contributed by atoms with van der Waals surface area (Å²) in [6, 6.07) is 9.51. The summed E-state index contributed by atoms with van der Waals surface area (Å²) < 4.78 is 6.04. The summed E-state index contributed by atoms with van der Waals surface area (Å²) in [6.07, 6.45) is 0.313. The highest BCUT2D eigenvalue weighted by Gasteiger charge is 2.30. The van der Waals surface area contributed by atoms with Crippen LogP contribution in [0.3, 0.4) is 0 Å². The molecule has 1 aliphatic rings. The molecule has 0 spiro atoms. The Morgan fingerprint density at radius 2 is 1.95 bits per heavy atom. The number of amides is 1. The van der Waals surface area contributed by atoms with Crippen molar-refractivity contribution < 1.29 is 9.53 Å². The van der Waals surface area contributed by atoms with Crippen molar-refractivity contribution in [1.29, 1.82) is 0 Å². The molecule has 0 fully saturated rings. The molecule has 0 saturated carbocycles. The van der Waals surface area contributed by atoms with E-state index in [0.29, 0.717) is 22.9 Å². The molecule has 3 nitrogen and oxygen atoms in total. The van der Waals surface area contributed by atoms with Gasteiger partial charge in [0.15, 0.2) is 5.75 Å². The highest BCUT2D eigenvalue weighted by atomic mass is 35.5. The number of nitrogens with one attached hydrogen (secondary N) is 1. The molecule has 4 heteroatoms. The minimum Gasteiger partial charge on any atom is -0.484 e. The number of halogens is 1. The molecular weight excluding hydrogens is 262 g/mol. The first kappa shape index (κ1) is 12.3. The van der Waals surface area contributed by atoms with Gasteiger partial charge in [0.25, 0.3) is 0 Å². The number of carbonyl (C=O) groups excluding carboxylic acids is 1. The van der Waals surface area contributed by atoms with Crippen molar-refractivity contribution in [1.82, 2.24) is 0 Å². The maximum atomic E-state index is 11.9. The predicted octanol–water partition coefficient (Wildman–Crippen LogP) is 3.99. The number of ether oxygens (including phenoxy) is 1. The van der Waals surface area contributed by atoms with Gasteiger partial charge >= 0.3 is 0 Å². The third kappa shape index (κ3) is 2.15. The predicted molar refractivity (Wildman–Crippen MR) is 76.9 cm³/mol. The van der Waals surface area contributed by atoms with Crippen LogP contribution in [0.5, 0.6) is 5.75 Å². The van der Waals surface area contributed by atoms with Crippen LogP contribution >= 0.6 is 11.6 Å². The second-order valence-electron chi connectivity index (χ2n) is 5.37. The molecule has 98 valence electrons. The van der Waals surface area contributed by atoms with E-state index in [-0.39, 0.29) is 5.91 Å². The average Bonchev–Trinajstić information content (AvgIpc) is 2.44. The fourth-order valence-corrected chi connectivity index (χ4v) is 2.67. The van der Waals surface area contributed by atoms with Crippen molar-refractivity contribution >= 4 is 34.0 Å². The zero-order valence-corrected chi connectivity index (χ0v) is 11.5. The van der Waals surface area contributed by atoms with E-state index < -0.39 is 5.60 Å². The van der Waals surface area contributed by atoms with Gasteiger partial charge in [-0.1, -0.05) is 35.9 Å². The summed E-state index contributed by atoms with van der Waals surface area (Å²) in [4.78, 5) is 11.9. The second-order valence-corrected chi connectivity index (χ2v) is 5.77. The van der Waals surface area contributed by atoms with Gasteiger partial charge in [0, 0.05) is 10.8 Å². The van der Waals surface area contributed by atoms with Crippen molar-refractivity contribution in [2.75, 3.05) is 5.32 Å². The minimum absolute atomic E-state index is 0.0601. The Labute approximate surface area is 116 Å². The first-order valence-electron chi connectivity index (χ1n) is 6.16. The Bertz CT molecular complexity index is 679. The highest BCUT2D eigenvalue weighted by Crippen LogP contribution is 2.42. The molecule has 1 amide bonds. The van der Waals surface area contributed by atoms with Gasteiger partial charge in [-0.25, -0.2) is 0 Å². The van der Waals surface area contributed by atoms with Crippen LogP contribution in [0.15, 0.2) is 30.3 Å². The van der Waals surface area contributed by atoms with E-state index in [1.165, 1.54) is 0 Å². The zero-order valence-electron chi connectivity index (χ0n) is 10.8. The fraction of sp³-hybridized carbons (Fsp3) is 0.267. The van der Waals surface area contributed by atoms with Gasteiger partial charge in [-0.15, -0.1) is 0 Å². The lowest BCUT2D eigenvalue weighted by molar-refractivity contribution is -0.118. The summed E-state index contributed by atoms with van der Waals surface area (Å²) in [5.41, 5.74) is 0.102. The van der Waals surface area contributed by atoms with Gasteiger partial charge in [0.1, 0.15) is 5.60 Å². The summed E-state index contributed by atoms with van der Waals surface area (Å²) >= 11 is 6.26. The van der Waals surface area contributed by atoms with Crippen LogP contribution < -0.4 is 10.1 Å². The van der Waals surface area contributed by atoms with Gasteiger partial charge in [0.2, 0.25) is 5.91 Å². The Balaban J connectivity index is 2.31. The summed E-state index contributed by atoms with van der Waals surface area (Å²) in [5, 5.41) is 5.31. The number of benzene rings is 2. The van der Waals surface area contributed by atoms with E-state index in [2.05, 4.69) is 5.32 Å². The molecule has 0 bridgehead atoms. The van der Waals surface area contributed by atoms with Crippen molar-refractivity contribution in [3.63, 3.8) is 0 Å². The van der Waals surface area contributed by atoms with Crippen LogP contribution in [0.4, 0.5) is 5.69 Å². The quantitative estimate of drug-likeness (QED) is 0.789. The fourth-order valence-electron chi connectivity index (χ4n) is 2.40. The number of rotatable bonds is 0. The Hall–Kier alpha value is -1.74. The molecule has 1 aliphatic heterocycles. The molecule has 0 aliphatic carbocycles. The lowest BCUT2D eigenvalue weighted by atomic mass is 10.0. The lowest BCUT2D eigenvalue weighted by Crippen LogP contribution is -2.30. The number of fused-ring (bicyclic) bond motifs is 3. The molecule has 3 rings (SSSR count). The van der Waals surface area contributed by atoms with Gasteiger partial charge in [0.05, 0.1) is 17.1 Å². The smallest absolute Gasteiger partial charge is 0.228 e. The normalized spacial score (nSPS) is 17.3. The molecular formula is C15H14ClNO2. The van der Waals surface area contributed by atoms with Gasteiger partial charge < -0.3 is 10.1 Å². The molecule has 19 heavy (non-hydrogen) atoms. The first-order valence-corrected chi connectivity index (χ1v) is 6.54. The molecule has 2 aromatic carbocycles. The molecule has 0 radical (unpaired) electrons. The van der Waals surface area contributed by atoms with Gasteiger partial charge in [-0.05, 0) is 19.9 Å². The summed E-state index contributed by atoms with van der Waals surface area (Å²) in [6.45, 7) is 3.82. The second kappa shape index (κ2) is 4.14. The highest BCUT2D eigenvalue weighted by molar-refractivity contribution is 6.36. The number of anilines is 1. The van der Waals surface area contributed by atoms with E-state index >= 15 is 0 Å². The molecule has 0 unspecified atom stereocenters. The Morgan fingerprint density at radius 3 is 2.68 bits per heavy atom. The Morgan fingerprint density at radius 1 is 1.26 bits per heavy atom. The van der Waals surface area contributed by atoms with Crippen molar-refractivity contribution in [3.8, 4) is 5.75 Å². The van der Waals surface area contributed by atoms with Crippen LogP contribution in [0, 0.1) is 0 Å². The summed E-state index contributed by atoms with van der Waals surface area (Å²) in [5.74, 6) is 0.631. The van der Waals surface area contributed by atoms with Crippen LogP contribution in [-0.4, -0.2) is 11.5 Å². The molecule has 0 aromatic heterocycles. The monoisotopic (exact) mass is 275 g/mol. The topological polar surface area (TPSA) is 38.3 Å².